The second kappa shape index (κ2) is 9.98. The summed E-state index contributed by atoms with van der Waals surface area (Å²) in [5.41, 5.74) is 0.167. The maximum Gasteiger partial charge on any atom is 0.339 e. The number of aliphatic carboxylic acids is 1. The number of carbonyl (C=O) groups excluding carboxylic acids is 1. The van der Waals surface area contributed by atoms with Gasteiger partial charge in [0.2, 0.25) is 0 Å². The van der Waals surface area contributed by atoms with Crippen molar-refractivity contribution in [2.24, 2.45) is 10.2 Å². The van der Waals surface area contributed by atoms with Crippen LogP contribution in [0.2, 0.25) is 0 Å². The van der Waals surface area contributed by atoms with Crippen LogP contribution in [0, 0.1) is 0 Å². The molecule has 0 aromatic heterocycles. The van der Waals surface area contributed by atoms with E-state index in [0.717, 1.165) is 12.5 Å². The van der Waals surface area contributed by atoms with Crippen LogP contribution in [0.1, 0.15) is 46.9 Å². The number of nitrogens with zero attached hydrogens (tertiary/aromatic N) is 2. The van der Waals surface area contributed by atoms with Crippen molar-refractivity contribution in [3.63, 3.8) is 0 Å². The van der Waals surface area contributed by atoms with E-state index in [1.807, 2.05) is 6.92 Å². The minimum atomic E-state index is -1.31. The lowest BCUT2D eigenvalue weighted by Gasteiger charge is -2.14. The predicted molar refractivity (Wildman–Crippen MR) is 104 cm³/mol. The fraction of sp³-hybridized carbons (Fsp3) is 0.250. The van der Waals surface area contributed by atoms with E-state index in [9.17, 15) is 24.6 Å². The van der Waals surface area contributed by atoms with E-state index >= 15 is 0 Å². The van der Waals surface area contributed by atoms with Gasteiger partial charge in [-0.1, -0.05) is 31.9 Å². The molecule has 0 aliphatic heterocycles. The van der Waals surface area contributed by atoms with Gasteiger partial charge in [0, 0.05) is 0 Å². The van der Waals surface area contributed by atoms with Gasteiger partial charge in [-0.05, 0) is 36.8 Å². The average molecular weight is 399 g/mol. The number of phenols is 1. The van der Waals surface area contributed by atoms with Crippen molar-refractivity contribution in [2.75, 3.05) is 0 Å². The second-order valence-electron chi connectivity index (χ2n) is 6.23. The van der Waals surface area contributed by atoms with Crippen molar-refractivity contribution in [2.45, 2.75) is 32.2 Å². The molecule has 0 saturated carbocycles. The Labute approximate surface area is 166 Å². The summed E-state index contributed by atoms with van der Waals surface area (Å²) in [5.74, 6) is -3.43. The number of nitrogens with one attached hydrogen (secondary N) is 1. The summed E-state index contributed by atoms with van der Waals surface area (Å²) in [5, 5.41) is 38.3. The Morgan fingerprint density at radius 1 is 1.03 bits per heavy atom. The fourth-order valence-corrected chi connectivity index (χ4v) is 2.52. The van der Waals surface area contributed by atoms with Gasteiger partial charge in [0.1, 0.15) is 17.4 Å². The molecule has 0 bridgehead atoms. The maximum atomic E-state index is 12.6. The first-order valence-corrected chi connectivity index (χ1v) is 8.94. The van der Waals surface area contributed by atoms with Crippen LogP contribution in [-0.2, 0) is 4.79 Å². The molecule has 9 nitrogen and oxygen atoms in total. The molecule has 4 N–H and O–H groups in total. The lowest BCUT2D eigenvalue weighted by Crippen LogP contribution is -2.40. The van der Waals surface area contributed by atoms with E-state index in [4.69, 9.17) is 5.11 Å². The van der Waals surface area contributed by atoms with Crippen molar-refractivity contribution < 1.29 is 29.7 Å². The first kappa shape index (κ1) is 21.5. The normalized spacial score (nSPS) is 11.9. The van der Waals surface area contributed by atoms with E-state index in [0.29, 0.717) is 12.8 Å². The third-order valence-electron chi connectivity index (χ3n) is 4.08. The van der Waals surface area contributed by atoms with Crippen LogP contribution in [-0.4, -0.2) is 39.2 Å². The monoisotopic (exact) mass is 399 g/mol. The SMILES string of the molecule is CCCCC(NC(=O)c1ccccc1N=Nc1ccc(O)c(C(=O)O)c1)C(=O)O. The molecule has 0 spiro atoms. The van der Waals surface area contributed by atoms with Crippen molar-refractivity contribution in [1.29, 1.82) is 0 Å². The molecule has 9 heteroatoms. The molecule has 2 rings (SSSR count). The number of benzene rings is 2. The van der Waals surface area contributed by atoms with Gasteiger partial charge in [0.05, 0.1) is 16.9 Å². The molecule has 29 heavy (non-hydrogen) atoms. The zero-order valence-electron chi connectivity index (χ0n) is 15.7. The highest BCUT2D eigenvalue weighted by molar-refractivity contribution is 6.00. The van der Waals surface area contributed by atoms with Crippen LogP contribution in [0.15, 0.2) is 52.7 Å². The highest BCUT2D eigenvalue weighted by atomic mass is 16.4. The van der Waals surface area contributed by atoms with E-state index in [1.54, 1.807) is 12.1 Å². The van der Waals surface area contributed by atoms with Gasteiger partial charge in [-0.15, -0.1) is 5.11 Å². The van der Waals surface area contributed by atoms with Crippen molar-refractivity contribution in [1.82, 2.24) is 5.32 Å². The summed E-state index contributed by atoms with van der Waals surface area (Å²) in [4.78, 5) is 35.0. The van der Waals surface area contributed by atoms with Crippen LogP contribution in [0.4, 0.5) is 11.4 Å². The van der Waals surface area contributed by atoms with Gasteiger partial charge in [-0.2, -0.15) is 5.11 Å². The summed E-state index contributed by atoms with van der Waals surface area (Å²) < 4.78 is 0. The van der Waals surface area contributed by atoms with Gasteiger partial charge >= 0.3 is 11.9 Å². The topological polar surface area (TPSA) is 149 Å². The van der Waals surface area contributed by atoms with Crippen LogP contribution in [0.25, 0.3) is 0 Å². The van der Waals surface area contributed by atoms with Crippen molar-refractivity contribution in [3.8, 4) is 5.75 Å². The number of amides is 1. The molecule has 1 amide bonds. The highest BCUT2D eigenvalue weighted by Crippen LogP contribution is 2.26. The Bertz CT molecular complexity index is 942. The molecule has 2 aromatic rings. The molecule has 0 saturated heterocycles. The first-order valence-electron chi connectivity index (χ1n) is 8.94. The molecule has 0 aliphatic carbocycles. The summed E-state index contributed by atoms with van der Waals surface area (Å²) in [6, 6.07) is 8.95. The van der Waals surface area contributed by atoms with E-state index in [1.165, 1.54) is 24.3 Å². The van der Waals surface area contributed by atoms with Crippen LogP contribution >= 0.6 is 0 Å². The van der Waals surface area contributed by atoms with Crippen LogP contribution < -0.4 is 5.32 Å². The molecule has 1 unspecified atom stereocenters. The van der Waals surface area contributed by atoms with Crippen LogP contribution in [0.3, 0.4) is 0 Å². The Kier molecular flexibility index (Phi) is 7.41. The zero-order valence-corrected chi connectivity index (χ0v) is 15.7. The molecular weight excluding hydrogens is 378 g/mol. The number of carbonyl (C=O) groups is 3. The third kappa shape index (κ3) is 5.86. The standard InChI is InChI=1S/C20H21N3O6/c1-2-3-7-16(20(28)29)21-18(25)13-6-4-5-8-15(13)23-22-12-9-10-17(24)14(11-12)19(26)27/h4-6,8-11,16,24H,2-3,7H2,1H3,(H,21,25)(H,26,27)(H,28,29). The van der Waals surface area contributed by atoms with E-state index in [2.05, 4.69) is 15.5 Å². The molecular formula is C20H21N3O6. The minimum Gasteiger partial charge on any atom is -0.507 e. The number of aromatic hydroxyl groups is 1. The second-order valence-corrected chi connectivity index (χ2v) is 6.23. The first-order chi connectivity index (χ1) is 13.8. The molecule has 1 atom stereocenters. The Morgan fingerprint density at radius 2 is 1.76 bits per heavy atom. The number of hydrogen-bond donors (Lipinski definition) is 4. The number of carboxylic acid groups (broad SMARTS) is 2. The number of unbranched alkanes of at least 4 members (excludes halogenated alkanes) is 1. The zero-order chi connectivity index (χ0) is 21.4. The van der Waals surface area contributed by atoms with E-state index < -0.39 is 29.6 Å². The van der Waals surface area contributed by atoms with Gasteiger partial charge in [-0.25, -0.2) is 9.59 Å². The van der Waals surface area contributed by atoms with Gasteiger partial charge in [0.25, 0.3) is 5.91 Å². The van der Waals surface area contributed by atoms with Crippen molar-refractivity contribution in [3.05, 3.63) is 53.6 Å². The Hall–Kier alpha value is -3.75. The predicted octanol–water partition coefficient (Wildman–Crippen LogP) is 3.88. The number of carboxylic acids is 2. The maximum absolute atomic E-state index is 12.6. The number of aromatic carboxylic acids is 1. The molecule has 0 radical (unpaired) electrons. The van der Waals surface area contributed by atoms with Crippen LogP contribution in [0.5, 0.6) is 5.75 Å². The number of hydrogen-bond acceptors (Lipinski definition) is 6. The largest absolute Gasteiger partial charge is 0.507 e. The van der Waals surface area contributed by atoms with Gasteiger partial charge in [0.15, 0.2) is 0 Å². The lowest BCUT2D eigenvalue weighted by molar-refractivity contribution is -0.139. The number of rotatable bonds is 9. The van der Waals surface area contributed by atoms with Gasteiger partial charge < -0.3 is 20.6 Å². The molecule has 0 aliphatic rings. The summed E-state index contributed by atoms with van der Waals surface area (Å²) in [6.45, 7) is 1.93. The quantitative estimate of drug-likeness (QED) is 0.470. The summed E-state index contributed by atoms with van der Waals surface area (Å²) >= 11 is 0. The highest BCUT2D eigenvalue weighted by Gasteiger charge is 2.21. The number of azo groups is 1. The van der Waals surface area contributed by atoms with E-state index in [-0.39, 0.29) is 22.5 Å². The molecule has 0 heterocycles. The molecule has 2 aromatic carbocycles. The Morgan fingerprint density at radius 3 is 2.41 bits per heavy atom. The minimum absolute atomic E-state index is 0.135. The molecule has 0 fully saturated rings. The third-order valence-corrected chi connectivity index (χ3v) is 4.08. The van der Waals surface area contributed by atoms with Crippen molar-refractivity contribution >= 4 is 29.2 Å². The lowest BCUT2D eigenvalue weighted by atomic mass is 10.1. The summed E-state index contributed by atoms with van der Waals surface area (Å²) in [6.07, 6.45) is 1.77. The fourth-order valence-electron chi connectivity index (χ4n) is 2.52. The molecule has 152 valence electrons. The smallest absolute Gasteiger partial charge is 0.339 e. The Balaban J connectivity index is 2.25. The van der Waals surface area contributed by atoms with Gasteiger partial charge in [-0.3, -0.25) is 4.79 Å². The summed E-state index contributed by atoms with van der Waals surface area (Å²) in [7, 11) is 0. The average Bonchev–Trinajstić information content (AvgIpc) is 2.70.